The Labute approximate surface area is 114 Å². The Morgan fingerprint density at radius 2 is 2.05 bits per heavy atom. The average Bonchev–Trinajstić information content (AvgIpc) is 2.44. The highest BCUT2D eigenvalue weighted by Gasteiger charge is 2.05. The first-order chi connectivity index (χ1) is 9.31. The van der Waals surface area contributed by atoms with Gasteiger partial charge in [0.2, 0.25) is 0 Å². The van der Waals surface area contributed by atoms with Crippen LogP contribution in [0.2, 0.25) is 0 Å². The highest BCUT2D eigenvalue weighted by molar-refractivity contribution is 5.42. The maximum atomic E-state index is 8.71. The lowest BCUT2D eigenvalue weighted by Gasteiger charge is -2.12. The molecule has 0 aromatic heterocycles. The fourth-order valence-corrected chi connectivity index (χ4v) is 1.61. The second-order valence-electron chi connectivity index (χ2n) is 3.93. The van der Waals surface area contributed by atoms with E-state index in [9.17, 15) is 0 Å². The Morgan fingerprint density at radius 3 is 2.74 bits per heavy atom. The monoisotopic (exact) mass is 269 g/mol. The SMILES string of the molecule is CCOCCOc1ccc(CNCCO)cc1OC. The van der Waals surface area contributed by atoms with Crippen LogP contribution in [-0.2, 0) is 11.3 Å². The van der Waals surface area contributed by atoms with Gasteiger partial charge in [0, 0.05) is 19.7 Å². The lowest BCUT2D eigenvalue weighted by atomic mass is 10.2. The van der Waals surface area contributed by atoms with Crippen LogP contribution in [0.25, 0.3) is 0 Å². The van der Waals surface area contributed by atoms with Crippen LogP contribution in [0, 0.1) is 0 Å². The summed E-state index contributed by atoms with van der Waals surface area (Å²) >= 11 is 0. The van der Waals surface area contributed by atoms with E-state index in [-0.39, 0.29) is 6.61 Å². The van der Waals surface area contributed by atoms with Crippen molar-refractivity contribution in [3.05, 3.63) is 23.8 Å². The minimum absolute atomic E-state index is 0.135. The van der Waals surface area contributed by atoms with E-state index in [4.69, 9.17) is 19.3 Å². The molecule has 0 amide bonds. The molecule has 1 aromatic carbocycles. The number of benzene rings is 1. The maximum Gasteiger partial charge on any atom is 0.161 e. The minimum Gasteiger partial charge on any atom is -0.493 e. The van der Waals surface area contributed by atoms with E-state index < -0.39 is 0 Å². The van der Waals surface area contributed by atoms with Gasteiger partial charge in [-0.2, -0.15) is 0 Å². The van der Waals surface area contributed by atoms with Crippen LogP contribution in [0.4, 0.5) is 0 Å². The van der Waals surface area contributed by atoms with Gasteiger partial charge >= 0.3 is 0 Å². The Kier molecular flexibility index (Phi) is 7.97. The smallest absolute Gasteiger partial charge is 0.161 e. The molecule has 108 valence electrons. The summed E-state index contributed by atoms with van der Waals surface area (Å²) in [5, 5.41) is 11.8. The molecule has 0 aliphatic carbocycles. The molecule has 19 heavy (non-hydrogen) atoms. The predicted octanol–water partition coefficient (Wildman–Crippen LogP) is 1.19. The fraction of sp³-hybridized carbons (Fsp3) is 0.571. The van der Waals surface area contributed by atoms with Crippen molar-refractivity contribution in [1.29, 1.82) is 0 Å². The van der Waals surface area contributed by atoms with Crippen molar-refractivity contribution >= 4 is 0 Å². The summed E-state index contributed by atoms with van der Waals surface area (Å²) in [5.74, 6) is 1.42. The molecule has 1 aromatic rings. The first-order valence-corrected chi connectivity index (χ1v) is 6.50. The second kappa shape index (κ2) is 9.61. The molecule has 0 saturated carbocycles. The maximum absolute atomic E-state index is 8.71. The van der Waals surface area contributed by atoms with Gasteiger partial charge in [0.1, 0.15) is 6.61 Å². The van der Waals surface area contributed by atoms with Gasteiger partial charge in [-0.15, -0.1) is 0 Å². The standard InChI is InChI=1S/C14H23NO4/c1-3-18-8-9-19-13-5-4-12(10-14(13)17-2)11-15-6-7-16/h4-5,10,15-16H,3,6-9,11H2,1-2H3. The Bertz CT molecular complexity index is 357. The predicted molar refractivity (Wildman–Crippen MR) is 73.8 cm³/mol. The number of rotatable bonds is 10. The molecule has 1 rings (SSSR count). The lowest BCUT2D eigenvalue weighted by Crippen LogP contribution is -2.17. The van der Waals surface area contributed by atoms with Gasteiger partial charge in [-0.3, -0.25) is 0 Å². The fourth-order valence-electron chi connectivity index (χ4n) is 1.61. The van der Waals surface area contributed by atoms with Crippen LogP contribution in [-0.4, -0.2) is 45.2 Å². The summed E-state index contributed by atoms with van der Waals surface area (Å²) in [6, 6.07) is 5.80. The molecule has 0 radical (unpaired) electrons. The highest BCUT2D eigenvalue weighted by Crippen LogP contribution is 2.27. The Hall–Kier alpha value is -1.30. The van der Waals surface area contributed by atoms with Crippen molar-refractivity contribution in [3.8, 4) is 11.5 Å². The van der Waals surface area contributed by atoms with E-state index >= 15 is 0 Å². The molecule has 0 aliphatic heterocycles. The first kappa shape index (κ1) is 15.8. The summed E-state index contributed by atoms with van der Waals surface area (Å²) in [4.78, 5) is 0. The number of aliphatic hydroxyl groups excluding tert-OH is 1. The van der Waals surface area contributed by atoms with E-state index in [1.54, 1.807) is 7.11 Å². The largest absolute Gasteiger partial charge is 0.493 e. The van der Waals surface area contributed by atoms with Gasteiger partial charge in [-0.1, -0.05) is 6.07 Å². The molecule has 0 atom stereocenters. The molecule has 0 bridgehead atoms. The van der Waals surface area contributed by atoms with E-state index in [1.807, 2.05) is 25.1 Å². The number of hydrogen-bond donors (Lipinski definition) is 2. The number of ether oxygens (including phenoxy) is 3. The van der Waals surface area contributed by atoms with Crippen molar-refractivity contribution in [2.75, 3.05) is 40.1 Å². The van der Waals surface area contributed by atoms with Crippen LogP contribution in [0.5, 0.6) is 11.5 Å². The Morgan fingerprint density at radius 1 is 1.21 bits per heavy atom. The molecule has 0 unspecified atom stereocenters. The quantitative estimate of drug-likeness (QED) is 0.625. The van der Waals surface area contributed by atoms with Crippen LogP contribution in [0.1, 0.15) is 12.5 Å². The third-order valence-electron chi connectivity index (χ3n) is 2.54. The van der Waals surface area contributed by atoms with Crippen molar-refractivity contribution in [1.82, 2.24) is 5.32 Å². The van der Waals surface area contributed by atoms with E-state index in [0.29, 0.717) is 44.4 Å². The molecule has 0 fully saturated rings. The molecule has 0 spiro atoms. The van der Waals surface area contributed by atoms with Crippen LogP contribution < -0.4 is 14.8 Å². The molecule has 5 nitrogen and oxygen atoms in total. The third kappa shape index (κ3) is 5.92. The summed E-state index contributed by atoms with van der Waals surface area (Å²) in [6.45, 7) is 5.12. The molecule has 0 saturated heterocycles. The van der Waals surface area contributed by atoms with Crippen LogP contribution in [0.3, 0.4) is 0 Å². The average molecular weight is 269 g/mol. The van der Waals surface area contributed by atoms with E-state index in [2.05, 4.69) is 5.32 Å². The zero-order valence-corrected chi connectivity index (χ0v) is 11.6. The number of methoxy groups -OCH3 is 1. The zero-order valence-electron chi connectivity index (χ0n) is 11.6. The second-order valence-corrected chi connectivity index (χ2v) is 3.93. The first-order valence-electron chi connectivity index (χ1n) is 6.50. The number of nitrogens with one attached hydrogen (secondary N) is 1. The van der Waals surface area contributed by atoms with Crippen molar-refractivity contribution in [3.63, 3.8) is 0 Å². The van der Waals surface area contributed by atoms with Crippen LogP contribution >= 0.6 is 0 Å². The molecule has 2 N–H and O–H groups in total. The van der Waals surface area contributed by atoms with Gasteiger partial charge in [-0.05, 0) is 24.6 Å². The molecule has 5 heteroatoms. The van der Waals surface area contributed by atoms with E-state index in [1.165, 1.54) is 0 Å². The summed E-state index contributed by atoms with van der Waals surface area (Å²) in [7, 11) is 1.62. The summed E-state index contributed by atoms with van der Waals surface area (Å²) in [6.07, 6.45) is 0. The van der Waals surface area contributed by atoms with E-state index in [0.717, 1.165) is 5.56 Å². The summed E-state index contributed by atoms with van der Waals surface area (Å²) < 4.78 is 16.1. The van der Waals surface area contributed by atoms with Gasteiger partial charge in [-0.25, -0.2) is 0 Å². The third-order valence-corrected chi connectivity index (χ3v) is 2.54. The zero-order chi connectivity index (χ0) is 13.9. The topological polar surface area (TPSA) is 60.0 Å². The molecule has 0 aliphatic rings. The normalized spacial score (nSPS) is 10.5. The van der Waals surface area contributed by atoms with Crippen LogP contribution in [0.15, 0.2) is 18.2 Å². The van der Waals surface area contributed by atoms with Crippen molar-refractivity contribution in [2.45, 2.75) is 13.5 Å². The van der Waals surface area contributed by atoms with Gasteiger partial charge in [0.15, 0.2) is 11.5 Å². The number of aliphatic hydroxyl groups is 1. The minimum atomic E-state index is 0.135. The van der Waals surface area contributed by atoms with Gasteiger partial charge in [0.25, 0.3) is 0 Å². The van der Waals surface area contributed by atoms with Gasteiger partial charge in [0.05, 0.1) is 20.3 Å². The van der Waals surface area contributed by atoms with Gasteiger partial charge < -0.3 is 24.6 Å². The Balaban J connectivity index is 2.52. The lowest BCUT2D eigenvalue weighted by molar-refractivity contribution is 0.109. The summed E-state index contributed by atoms with van der Waals surface area (Å²) in [5.41, 5.74) is 1.09. The highest BCUT2D eigenvalue weighted by atomic mass is 16.5. The number of hydrogen-bond acceptors (Lipinski definition) is 5. The molecular formula is C14H23NO4. The molecular weight excluding hydrogens is 246 g/mol. The van der Waals surface area contributed by atoms with Crippen molar-refractivity contribution < 1.29 is 19.3 Å². The molecule has 0 heterocycles. The van der Waals surface area contributed by atoms with Crippen molar-refractivity contribution in [2.24, 2.45) is 0 Å².